The number of nitrogens with zero attached hydrogens (tertiary/aromatic N) is 1. The summed E-state index contributed by atoms with van der Waals surface area (Å²) in [6.07, 6.45) is 10.2. The van der Waals surface area contributed by atoms with E-state index in [1.165, 1.54) is 38.5 Å². The molecule has 0 unspecified atom stereocenters. The minimum atomic E-state index is -3.68. The molecule has 0 aliphatic carbocycles. The number of rotatable bonds is 17. The number of likely N-dealkylation sites (N-methyl/N-ethyl adjacent to an activating group) is 1. The predicted octanol–water partition coefficient (Wildman–Crippen LogP) is 3.80. The van der Waals surface area contributed by atoms with Gasteiger partial charge in [0.2, 0.25) is 0 Å². The Balaban J connectivity index is 4.02. The highest BCUT2D eigenvalue weighted by Crippen LogP contribution is 2.13. The molecule has 0 aromatic carbocycles. The zero-order valence-corrected chi connectivity index (χ0v) is 18.0. The maximum Gasteiger partial charge on any atom is 0.306 e. The molecule has 0 saturated heterocycles. The van der Waals surface area contributed by atoms with Gasteiger partial charge >= 0.3 is 5.97 Å². The van der Waals surface area contributed by atoms with E-state index in [0.29, 0.717) is 17.4 Å². The Labute approximate surface area is 160 Å². The lowest BCUT2D eigenvalue weighted by atomic mass is 10.1. The first-order valence-electron chi connectivity index (χ1n) is 9.99. The Bertz CT molecular complexity index is 471. The zero-order valence-electron chi connectivity index (χ0n) is 17.2. The van der Waals surface area contributed by atoms with Gasteiger partial charge in [-0.05, 0) is 6.42 Å². The number of carbonyl (C=O) groups is 1. The third kappa shape index (κ3) is 16.8. The lowest BCUT2D eigenvalue weighted by molar-refractivity contribution is -0.873. The second kappa shape index (κ2) is 13.5. The van der Waals surface area contributed by atoms with Crippen molar-refractivity contribution in [1.29, 1.82) is 0 Å². The van der Waals surface area contributed by atoms with Crippen LogP contribution in [0, 0.1) is 0 Å². The van der Waals surface area contributed by atoms with E-state index in [-0.39, 0.29) is 12.2 Å². The molecule has 0 saturated carbocycles. The van der Waals surface area contributed by atoms with Crippen molar-refractivity contribution >= 4 is 16.1 Å². The quantitative estimate of drug-likeness (QED) is 0.230. The summed E-state index contributed by atoms with van der Waals surface area (Å²) in [5.74, 6) is -1.07. The van der Waals surface area contributed by atoms with Gasteiger partial charge in [-0.3, -0.25) is 8.98 Å². The zero-order chi connectivity index (χ0) is 20.1. The van der Waals surface area contributed by atoms with Crippen LogP contribution in [-0.4, -0.2) is 63.5 Å². The van der Waals surface area contributed by atoms with E-state index in [4.69, 9.17) is 9.29 Å². The second-order valence-corrected chi connectivity index (χ2v) is 9.95. The van der Waals surface area contributed by atoms with Crippen LogP contribution in [0.3, 0.4) is 0 Å². The molecule has 1 atom stereocenters. The molecular weight excluding hydrogens is 354 g/mol. The highest BCUT2D eigenvalue weighted by atomic mass is 32.2. The van der Waals surface area contributed by atoms with Crippen LogP contribution >= 0.6 is 0 Å². The van der Waals surface area contributed by atoms with Crippen LogP contribution in [0.25, 0.3) is 0 Å². The molecule has 0 aliphatic heterocycles. The normalized spacial score (nSPS) is 13.7. The van der Waals surface area contributed by atoms with Crippen molar-refractivity contribution in [3.63, 3.8) is 0 Å². The van der Waals surface area contributed by atoms with Gasteiger partial charge in [0.25, 0.3) is 10.1 Å². The van der Waals surface area contributed by atoms with Crippen LogP contribution in [0.2, 0.25) is 0 Å². The number of hydrogen-bond acceptors (Lipinski definition) is 4. The summed E-state index contributed by atoms with van der Waals surface area (Å²) < 4.78 is 29.9. The Hall–Kier alpha value is -0.660. The fourth-order valence-corrected chi connectivity index (χ4v) is 4.15. The molecule has 156 valence electrons. The van der Waals surface area contributed by atoms with Crippen molar-refractivity contribution in [2.24, 2.45) is 0 Å². The van der Waals surface area contributed by atoms with E-state index in [0.717, 1.165) is 19.3 Å². The summed E-state index contributed by atoms with van der Waals surface area (Å²) in [7, 11) is 1.97. The van der Waals surface area contributed by atoms with Gasteiger partial charge in [-0.2, -0.15) is 8.42 Å². The van der Waals surface area contributed by atoms with Gasteiger partial charge in [0, 0.05) is 0 Å². The standard InChI is InChI=1S/C19H39NO5S/c1-5-6-7-8-9-10-11-12-13-14-15-26(23,24)25-18(16-19(21)22)17-20(2,3)4/h18H,5-17H2,1-4H3/p+1/t18-/m1/s1. The Kier molecular flexibility index (Phi) is 13.2. The number of quaternary nitrogens is 1. The van der Waals surface area contributed by atoms with Crippen LogP contribution in [0.4, 0.5) is 0 Å². The maximum atomic E-state index is 12.1. The highest BCUT2D eigenvalue weighted by Gasteiger charge is 2.27. The molecule has 0 spiro atoms. The van der Waals surface area contributed by atoms with Gasteiger partial charge in [0.1, 0.15) is 12.6 Å². The number of carboxylic acids is 1. The van der Waals surface area contributed by atoms with Crippen LogP contribution in [0.5, 0.6) is 0 Å². The van der Waals surface area contributed by atoms with E-state index < -0.39 is 22.2 Å². The third-order valence-electron chi connectivity index (χ3n) is 4.18. The third-order valence-corrected chi connectivity index (χ3v) is 5.54. The van der Waals surface area contributed by atoms with Gasteiger partial charge in [0.05, 0.1) is 33.3 Å². The van der Waals surface area contributed by atoms with E-state index in [9.17, 15) is 13.2 Å². The highest BCUT2D eigenvalue weighted by molar-refractivity contribution is 7.86. The van der Waals surface area contributed by atoms with Crippen molar-refractivity contribution in [1.82, 2.24) is 0 Å². The summed E-state index contributed by atoms with van der Waals surface area (Å²) >= 11 is 0. The largest absolute Gasteiger partial charge is 0.481 e. The van der Waals surface area contributed by atoms with E-state index in [2.05, 4.69) is 6.92 Å². The molecule has 0 bridgehead atoms. The van der Waals surface area contributed by atoms with E-state index in [1.54, 1.807) is 0 Å². The first-order chi connectivity index (χ1) is 12.1. The maximum absolute atomic E-state index is 12.1. The van der Waals surface area contributed by atoms with Crippen molar-refractivity contribution in [3.05, 3.63) is 0 Å². The number of unbranched alkanes of at least 4 members (excludes halogenated alkanes) is 9. The molecule has 6 nitrogen and oxygen atoms in total. The second-order valence-electron chi connectivity index (χ2n) is 8.23. The average Bonchev–Trinajstić information content (AvgIpc) is 2.46. The van der Waals surface area contributed by atoms with Crippen LogP contribution in [0.15, 0.2) is 0 Å². The molecule has 0 aliphatic rings. The van der Waals surface area contributed by atoms with Crippen molar-refractivity contribution < 1.29 is 27.0 Å². The number of aliphatic carboxylic acids is 1. The molecular formula is C19H40NO5S+. The Morgan fingerprint density at radius 2 is 1.38 bits per heavy atom. The smallest absolute Gasteiger partial charge is 0.306 e. The summed E-state index contributed by atoms with van der Waals surface area (Å²) in [5, 5.41) is 8.96. The van der Waals surface area contributed by atoms with Crippen molar-refractivity contribution in [2.75, 3.05) is 33.4 Å². The van der Waals surface area contributed by atoms with Gasteiger partial charge in [-0.15, -0.1) is 0 Å². The Morgan fingerprint density at radius 1 is 0.923 bits per heavy atom. The summed E-state index contributed by atoms with van der Waals surface area (Å²) in [5.41, 5.74) is 0. The lowest BCUT2D eigenvalue weighted by Crippen LogP contribution is -2.44. The fraction of sp³-hybridized carbons (Fsp3) is 0.947. The summed E-state index contributed by atoms with van der Waals surface area (Å²) in [6.45, 7) is 2.55. The summed E-state index contributed by atoms with van der Waals surface area (Å²) in [4.78, 5) is 10.9. The summed E-state index contributed by atoms with van der Waals surface area (Å²) in [6, 6.07) is 0. The van der Waals surface area contributed by atoms with Crippen LogP contribution in [0.1, 0.15) is 77.6 Å². The topological polar surface area (TPSA) is 80.7 Å². The molecule has 7 heteroatoms. The number of carboxylic acid groups (broad SMARTS) is 1. The molecule has 0 aromatic heterocycles. The first-order valence-corrected chi connectivity index (χ1v) is 11.6. The Morgan fingerprint density at radius 3 is 1.81 bits per heavy atom. The minimum Gasteiger partial charge on any atom is -0.481 e. The van der Waals surface area contributed by atoms with Crippen molar-refractivity contribution in [2.45, 2.75) is 83.7 Å². The minimum absolute atomic E-state index is 0.0310. The lowest BCUT2D eigenvalue weighted by Gasteiger charge is -2.28. The SMILES string of the molecule is CCCCCCCCCCCCS(=O)(=O)O[C@H](CC(=O)O)C[N+](C)(C)C. The first kappa shape index (κ1) is 25.3. The molecule has 1 N–H and O–H groups in total. The van der Waals surface area contributed by atoms with Crippen LogP contribution < -0.4 is 0 Å². The molecule has 0 rings (SSSR count). The molecule has 0 fully saturated rings. The van der Waals surface area contributed by atoms with Gasteiger partial charge < -0.3 is 9.59 Å². The molecule has 0 heterocycles. The monoisotopic (exact) mass is 394 g/mol. The van der Waals surface area contributed by atoms with E-state index in [1.807, 2.05) is 21.1 Å². The predicted molar refractivity (Wildman–Crippen MR) is 106 cm³/mol. The molecule has 0 radical (unpaired) electrons. The van der Waals surface area contributed by atoms with Gasteiger partial charge in [-0.1, -0.05) is 64.7 Å². The molecule has 26 heavy (non-hydrogen) atoms. The van der Waals surface area contributed by atoms with Gasteiger partial charge in [-0.25, -0.2) is 0 Å². The van der Waals surface area contributed by atoms with Crippen molar-refractivity contribution in [3.8, 4) is 0 Å². The fourth-order valence-electron chi connectivity index (χ4n) is 2.96. The number of hydrogen-bond donors (Lipinski definition) is 1. The van der Waals surface area contributed by atoms with E-state index >= 15 is 0 Å². The average molecular weight is 395 g/mol. The van der Waals surface area contributed by atoms with Gasteiger partial charge in [0.15, 0.2) is 0 Å². The van der Waals surface area contributed by atoms with Crippen LogP contribution in [-0.2, 0) is 19.1 Å². The molecule has 0 aromatic rings. The molecule has 0 amide bonds.